The molecular formula is C16H29IN4O2. The molecule has 3 aliphatic rings. The summed E-state index contributed by atoms with van der Waals surface area (Å²) < 4.78 is 0. The minimum Gasteiger partial charge on any atom is -0.342 e. The molecule has 3 saturated heterocycles. The molecule has 3 rings (SSSR count). The topological polar surface area (TPSA) is 55.9 Å². The van der Waals surface area contributed by atoms with Gasteiger partial charge in [-0.05, 0) is 44.7 Å². The maximum Gasteiger partial charge on any atom is 0.317 e. The minimum atomic E-state index is 0. The summed E-state index contributed by atoms with van der Waals surface area (Å²) in [5, 5.41) is 2.85. The predicted molar refractivity (Wildman–Crippen MR) is 100.0 cm³/mol. The van der Waals surface area contributed by atoms with Crippen LogP contribution in [0.15, 0.2) is 0 Å². The van der Waals surface area contributed by atoms with E-state index in [9.17, 15) is 9.59 Å². The molecule has 3 heterocycles. The van der Waals surface area contributed by atoms with Crippen molar-refractivity contribution in [3.63, 3.8) is 0 Å². The molecule has 0 radical (unpaired) electrons. The van der Waals surface area contributed by atoms with Crippen LogP contribution in [0.5, 0.6) is 0 Å². The highest BCUT2D eigenvalue weighted by molar-refractivity contribution is 14.0. The highest BCUT2D eigenvalue weighted by Gasteiger charge is 2.26. The van der Waals surface area contributed by atoms with Crippen molar-refractivity contribution in [2.24, 2.45) is 5.92 Å². The SMILES string of the molecule is I.O=C1CCCCN1CC1CCN(CCN2CCNC2=O)CC1. The van der Waals surface area contributed by atoms with Gasteiger partial charge in [0.2, 0.25) is 5.91 Å². The van der Waals surface area contributed by atoms with Gasteiger partial charge in [-0.25, -0.2) is 4.79 Å². The number of likely N-dealkylation sites (tertiary alicyclic amines) is 2. The summed E-state index contributed by atoms with van der Waals surface area (Å²) >= 11 is 0. The lowest BCUT2D eigenvalue weighted by Gasteiger charge is -2.36. The fraction of sp³-hybridized carbons (Fsp3) is 0.875. The second-order valence-electron chi connectivity index (χ2n) is 6.80. The normalized spacial score (nSPS) is 23.8. The van der Waals surface area contributed by atoms with Crippen LogP contribution in [0.25, 0.3) is 0 Å². The molecule has 0 aliphatic carbocycles. The highest BCUT2D eigenvalue weighted by Crippen LogP contribution is 2.21. The fourth-order valence-electron chi connectivity index (χ4n) is 3.75. The van der Waals surface area contributed by atoms with Gasteiger partial charge >= 0.3 is 6.03 Å². The number of carbonyl (C=O) groups excluding carboxylic acids is 2. The van der Waals surface area contributed by atoms with Crippen LogP contribution in [0.4, 0.5) is 4.79 Å². The zero-order valence-electron chi connectivity index (χ0n) is 13.8. The Kier molecular flexibility index (Phi) is 7.39. The van der Waals surface area contributed by atoms with Crippen molar-refractivity contribution < 1.29 is 9.59 Å². The van der Waals surface area contributed by atoms with Gasteiger partial charge in [0.05, 0.1) is 0 Å². The second-order valence-corrected chi connectivity index (χ2v) is 6.80. The number of nitrogens with one attached hydrogen (secondary N) is 1. The van der Waals surface area contributed by atoms with Crippen molar-refractivity contribution in [1.82, 2.24) is 20.0 Å². The van der Waals surface area contributed by atoms with Crippen LogP contribution >= 0.6 is 24.0 Å². The van der Waals surface area contributed by atoms with Gasteiger partial charge in [0.15, 0.2) is 0 Å². The molecule has 0 aromatic rings. The number of hydrogen-bond acceptors (Lipinski definition) is 3. The molecular weight excluding hydrogens is 407 g/mol. The number of halogens is 1. The van der Waals surface area contributed by atoms with Gasteiger partial charge in [-0.3, -0.25) is 4.79 Å². The van der Waals surface area contributed by atoms with Crippen LogP contribution in [-0.4, -0.2) is 79.0 Å². The number of rotatable bonds is 5. The van der Waals surface area contributed by atoms with Crippen LogP contribution in [-0.2, 0) is 4.79 Å². The Bertz CT molecular complexity index is 413. The smallest absolute Gasteiger partial charge is 0.317 e. The van der Waals surface area contributed by atoms with Gasteiger partial charge in [-0.15, -0.1) is 24.0 Å². The minimum absolute atomic E-state index is 0. The van der Waals surface area contributed by atoms with Crippen LogP contribution in [0, 0.1) is 5.92 Å². The summed E-state index contributed by atoms with van der Waals surface area (Å²) in [5.41, 5.74) is 0. The summed E-state index contributed by atoms with van der Waals surface area (Å²) in [6.45, 7) is 7.55. The number of amides is 3. The zero-order chi connectivity index (χ0) is 15.4. The molecule has 1 N–H and O–H groups in total. The average molecular weight is 436 g/mol. The van der Waals surface area contributed by atoms with Crippen LogP contribution in [0.3, 0.4) is 0 Å². The summed E-state index contributed by atoms with van der Waals surface area (Å²) in [6, 6.07) is 0.0819. The Morgan fingerprint density at radius 2 is 1.74 bits per heavy atom. The van der Waals surface area contributed by atoms with Crippen molar-refractivity contribution >= 4 is 35.9 Å². The molecule has 132 valence electrons. The molecule has 0 spiro atoms. The lowest BCUT2D eigenvalue weighted by atomic mass is 9.95. The Morgan fingerprint density at radius 1 is 0.957 bits per heavy atom. The van der Waals surface area contributed by atoms with Crippen molar-refractivity contribution in [3.05, 3.63) is 0 Å². The summed E-state index contributed by atoms with van der Waals surface area (Å²) in [4.78, 5) is 29.8. The highest BCUT2D eigenvalue weighted by atomic mass is 127. The van der Waals surface area contributed by atoms with E-state index in [1.165, 1.54) is 19.3 Å². The maximum absolute atomic E-state index is 11.9. The third kappa shape index (κ3) is 5.20. The van der Waals surface area contributed by atoms with Gasteiger partial charge in [0, 0.05) is 45.7 Å². The van der Waals surface area contributed by atoms with Crippen LogP contribution in [0.1, 0.15) is 32.1 Å². The van der Waals surface area contributed by atoms with E-state index in [-0.39, 0.29) is 30.0 Å². The molecule has 0 aromatic heterocycles. The first-order valence-corrected chi connectivity index (χ1v) is 8.75. The van der Waals surface area contributed by atoms with Crippen molar-refractivity contribution in [2.75, 3.05) is 52.4 Å². The van der Waals surface area contributed by atoms with E-state index < -0.39 is 0 Å². The lowest BCUT2D eigenvalue weighted by Crippen LogP contribution is -2.44. The van der Waals surface area contributed by atoms with E-state index in [1.807, 2.05) is 4.90 Å². The van der Waals surface area contributed by atoms with Crippen LogP contribution < -0.4 is 5.32 Å². The number of hydrogen-bond donors (Lipinski definition) is 1. The van der Waals surface area contributed by atoms with Gasteiger partial charge in [-0.1, -0.05) is 0 Å². The van der Waals surface area contributed by atoms with Gasteiger partial charge < -0.3 is 20.0 Å². The summed E-state index contributed by atoms with van der Waals surface area (Å²) in [6.07, 6.45) is 5.34. The fourth-order valence-corrected chi connectivity index (χ4v) is 3.75. The van der Waals surface area contributed by atoms with Crippen molar-refractivity contribution in [1.29, 1.82) is 0 Å². The van der Waals surface area contributed by atoms with Crippen LogP contribution in [0.2, 0.25) is 0 Å². The summed E-state index contributed by atoms with van der Waals surface area (Å²) in [7, 11) is 0. The standard InChI is InChI=1S/C16H28N4O2.HI/c21-15-3-1-2-7-20(15)13-14-4-8-18(9-5-14)11-12-19-10-6-17-16(19)22;/h14H,1-13H2,(H,17,22);1H. The number of carbonyl (C=O) groups is 2. The third-order valence-corrected chi connectivity index (χ3v) is 5.24. The molecule has 23 heavy (non-hydrogen) atoms. The molecule has 7 heteroatoms. The molecule has 0 unspecified atom stereocenters. The number of urea groups is 1. The largest absolute Gasteiger partial charge is 0.342 e. The van der Waals surface area contributed by atoms with E-state index in [1.54, 1.807) is 0 Å². The van der Waals surface area contributed by atoms with Gasteiger partial charge in [0.1, 0.15) is 0 Å². The monoisotopic (exact) mass is 436 g/mol. The Balaban J connectivity index is 0.00000192. The van der Waals surface area contributed by atoms with Gasteiger partial charge in [-0.2, -0.15) is 0 Å². The second kappa shape index (κ2) is 9.05. The number of piperidine rings is 2. The first kappa shape index (κ1) is 18.8. The molecule has 3 fully saturated rings. The molecule has 3 amide bonds. The Hall–Kier alpha value is -0.570. The van der Waals surface area contributed by atoms with Crippen molar-refractivity contribution in [3.8, 4) is 0 Å². The van der Waals surface area contributed by atoms with E-state index in [2.05, 4.69) is 15.1 Å². The zero-order valence-corrected chi connectivity index (χ0v) is 16.2. The van der Waals surface area contributed by atoms with Gasteiger partial charge in [0.25, 0.3) is 0 Å². The third-order valence-electron chi connectivity index (χ3n) is 5.24. The quantitative estimate of drug-likeness (QED) is 0.663. The van der Waals surface area contributed by atoms with E-state index >= 15 is 0 Å². The van der Waals surface area contributed by atoms with E-state index in [4.69, 9.17) is 0 Å². The van der Waals surface area contributed by atoms with Crippen molar-refractivity contribution in [2.45, 2.75) is 32.1 Å². The average Bonchev–Trinajstić information content (AvgIpc) is 2.94. The molecule has 0 saturated carbocycles. The molecule has 0 atom stereocenters. The maximum atomic E-state index is 11.9. The molecule has 0 bridgehead atoms. The van der Waals surface area contributed by atoms with E-state index in [0.29, 0.717) is 11.8 Å². The Morgan fingerprint density at radius 3 is 2.39 bits per heavy atom. The summed E-state index contributed by atoms with van der Waals surface area (Å²) in [5.74, 6) is 1.02. The molecule has 0 aromatic carbocycles. The van der Waals surface area contributed by atoms with E-state index in [0.717, 1.165) is 65.2 Å². The predicted octanol–water partition coefficient (Wildman–Crippen LogP) is 1.35. The first-order valence-electron chi connectivity index (χ1n) is 8.75. The Labute approximate surface area is 155 Å². The molecule has 6 nitrogen and oxygen atoms in total. The first-order chi connectivity index (χ1) is 10.7. The number of nitrogens with zero attached hydrogens (tertiary/aromatic N) is 3. The lowest BCUT2D eigenvalue weighted by molar-refractivity contribution is -0.134. The molecule has 3 aliphatic heterocycles.